The lowest BCUT2D eigenvalue weighted by atomic mass is 10.1. The van der Waals surface area contributed by atoms with Gasteiger partial charge >= 0.3 is 5.97 Å². The normalized spacial score (nSPS) is 14.2. The molecule has 3 aromatic rings. The Labute approximate surface area is 244 Å². The number of nitrogens with zero attached hydrogens (tertiary/aromatic N) is 3. The van der Waals surface area contributed by atoms with E-state index < -0.39 is 16.0 Å². The number of piperazine rings is 1. The van der Waals surface area contributed by atoms with E-state index in [0.29, 0.717) is 43.8 Å². The van der Waals surface area contributed by atoms with Gasteiger partial charge in [-0.2, -0.15) is 0 Å². The smallest absolute Gasteiger partial charge is 0.342 e. The van der Waals surface area contributed by atoms with Gasteiger partial charge in [-0.1, -0.05) is 35.9 Å². The Morgan fingerprint density at radius 3 is 2.41 bits per heavy atom. The molecular formula is C28H34ClN5O6S. The molecule has 4 rings (SSSR count). The van der Waals surface area contributed by atoms with Gasteiger partial charge in [-0.05, 0) is 18.2 Å². The predicted molar refractivity (Wildman–Crippen MR) is 159 cm³/mol. The SMILES string of the molecule is COc1cc(N)c(Cl)cc1C(=O)OCCN1CCN(C(=O)CNS(=O)(=O)c2cccc3c(N(C)C)cccc23)CC1. The Bertz CT molecular complexity index is 1540. The quantitative estimate of drug-likeness (QED) is 0.265. The first-order chi connectivity index (χ1) is 19.5. The Morgan fingerprint density at radius 2 is 1.73 bits per heavy atom. The number of esters is 1. The molecule has 0 aromatic heterocycles. The van der Waals surface area contributed by atoms with Crippen LogP contribution in [0.1, 0.15) is 10.4 Å². The highest BCUT2D eigenvalue weighted by Crippen LogP contribution is 2.31. The van der Waals surface area contributed by atoms with E-state index in [1.165, 1.54) is 25.3 Å². The molecule has 0 saturated carbocycles. The van der Waals surface area contributed by atoms with Crippen LogP contribution in [0.4, 0.5) is 11.4 Å². The number of amides is 1. The summed E-state index contributed by atoms with van der Waals surface area (Å²) in [5.74, 6) is -0.603. The van der Waals surface area contributed by atoms with Crippen molar-refractivity contribution in [2.24, 2.45) is 0 Å². The zero-order valence-electron chi connectivity index (χ0n) is 23.2. The lowest BCUT2D eigenvalue weighted by Gasteiger charge is -2.34. The molecule has 11 nitrogen and oxygen atoms in total. The highest BCUT2D eigenvalue weighted by atomic mass is 35.5. The van der Waals surface area contributed by atoms with Crippen LogP contribution in [0.15, 0.2) is 53.4 Å². The van der Waals surface area contributed by atoms with Gasteiger partial charge < -0.3 is 25.0 Å². The van der Waals surface area contributed by atoms with Crippen molar-refractivity contribution in [3.05, 3.63) is 59.1 Å². The second-order valence-electron chi connectivity index (χ2n) is 9.78. The number of ether oxygens (including phenoxy) is 2. The van der Waals surface area contributed by atoms with Gasteiger partial charge in [-0.25, -0.2) is 17.9 Å². The zero-order valence-corrected chi connectivity index (χ0v) is 24.8. The highest BCUT2D eigenvalue weighted by molar-refractivity contribution is 7.89. The largest absolute Gasteiger partial charge is 0.496 e. The van der Waals surface area contributed by atoms with E-state index in [-0.39, 0.29) is 40.3 Å². The van der Waals surface area contributed by atoms with Gasteiger partial charge in [0.2, 0.25) is 15.9 Å². The molecule has 1 heterocycles. The number of halogens is 1. The Balaban J connectivity index is 1.27. The molecule has 0 bridgehead atoms. The van der Waals surface area contributed by atoms with E-state index in [1.54, 1.807) is 17.0 Å². The van der Waals surface area contributed by atoms with Gasteiger partial charge in [-0.15, -0.1) is 0 Å². The van der Waals surface area contributed by atoms with E-state index in [2.05, 4.69) is 9.62 Å². The number of nitrogen functional groups attached to an aromatic ring is 1. The van der Waals surface area contributed by atoms with Crippen LogP contribution in [0.3, 0.4) is 0 Å². The number of anilines is 2. The van der Waals surface area contributed by atoms with E-state index >= 15 is 0 Å². The maximum absolute atomic E-state index is 13.2. The first-order valence-electron chi connectivity index (χ1n) is 13.0. The number of nitrogens with one attached hydrogen (secondary N) is 1. The summed E-state index contributed by atoms with van der Waals surface area (Å²) in [4.78, 5) is 31.1. The lowest BCUT2D eigenvalue weighted by molar-refractivity contribution is -0.131. The molecule has 0 unspecified atom stereocenters. The molecule has 220 valence electrons. The number of hydrogen-bond donors (Lipinski definition) is 2. The predicted octanol–water partition coefficient (Wildman–Crippen LogP) is 2.43. The first-order valence-corrected chi connectivity index (χ1v) is 14.9. The summed E-state index contributed by atoms with van der Waals surface area (Å²) in [5.41, 5.74) is 7.15. The van der Waals surface area contributed by atoms with Crippen LogP contribution in [0.5, 0.6) is 5.75 Å². The van der Waals surface area contributed by atoms with Gasteiger partial charge in [0.25, 0.3) is 0 Å². The van der Waals surface area contributed by atoms with E-state index in [1.807, 2.05) is 37.2 Å². The third-order valence-electron chi connectivity index (χ3n) is 6.95. The topological polar surface area (TPSA) is 135 Å². The van der Waals surface area contributed by atoms with Gasteiger partial charge in [0, 0.05) is 69.3 Å². The molecule has 41 heavy (non-hydrogen) atoms. The molecule has 13 heteroatoms. The van der Waals surface area contributed by atoms with Crippen LogP contribution in [0, 0.1) is 0 Å². The minimum atomic E-state index is -3.93. The molecule has 0 atom stereocenters. The Morgan fingerprint density at radius 1 is 1.05 bits per heavy atom. The molecule has 0 aliphatic carbocycles. The Kier molecular flexibility index (Phi) is 9.59. The molecule has 1 fully saturated rings. The van der Waals surface area contributed by atoms with Crippen LogP contribution < -0.4 is 20.1 Å². The van der Waals surface area contributed by atoms with Gasteiger partial charge in [0.1, 0.15) is 17.9 Å². The molecule has 3 N–H and O–H groups in total. The maximum atomic E-state index is 13.2. The fraction of sp³-hybridized carbons (Fsp3) is 0.357. The number of fused-ring (bicyclic) bond motifs is 1. The summed E-state index contributed by atoms with van der Waals surface area (Å²) in [6.07, 6.45) is 0. The van der Waals surface area contributed by atoms with Crippen LogP contribution in [0.25, 0.3) is 10.8 Å². The van der Waals surface area contributed by atoms with E-state index in [4.69, 9.17) is 26.8 Å². The first kappa shape index (κ1) is 30.4. The minimum Gasteiger partial charge on any atom is -0.496 e. The summed E-state index contributed by atoms with van der Waals surface area (Å²) >= 11 is 6.03. The van der Waals surface area contributed by atoms with Crippen molar-refractivity contribution in [1.82, 2.24) is 14.5 Å². The summed E-state index contributed by atoms with van der Waals surface area (Å²) in [6, 6.07) is 13.5. The van der Waals surface area contributed by atoms with Gasteiger partial charge in [-0.3, -0.25) is 9.69 Å². The second-order valence-corrected chi connectivity index (χ2v) is 11.9. The summed E-state index contributed by atoms with van der Waals surface area (Å²) in [7, 11) is 1.29. The van der Waals surface area contributed by atoms with Crippen LogP contribution >= 0.6 is 11.6 Å². The number of carbonyl (C=O) groups excluding carboxylic acids is 2. The van der Waals surface area contributed by atoms with Crippen molar-refractivity contribution in [2.45, 2.75) is 4.90 Å². The maximum Gasteiger partial charge on any atom is 0.342 e. The average molecular weight is 604 g/mol. The molecule has 1 aliphatic heterocycles. The monoisotopic (exact) mass is 603 g/mol. The van der Waals surface area contributed by atoms with E-state index in [0.717, 1.165) is 11.1 Å². The second kappa shape index (κ2) is 12.9. The molecule has 0 spiro atoms. The van der Waals surface area contributed by atoms with Crippen molar-refractivity contribution >= 4 is 55.6 Å². The third kappa shape index (κ3) is 7.02. The molecule has 1 saturated heterocycles. The van der Waals surface area contributed by atoms with Gasteiger partial charge in [0.05, 0.1) is 29.3 Å². The van der Waals surface area contributed by atoms with Crippen molar-refractivity contribution < 1.29 is 27.5 Å². The average Bonchev–Trinajstić information content (AvgIpc) is 2.96. The summed E-state index contributed by atoms with van der Waals surface area (Å²) < 4.78 is 39.4. The number of hydrogen-bond acceptors (Lipinski definition) is 9. The van der Waals surface area contributed by atoms with Crippen LogP contribution in [-0.4, -0.2) is 97.2 Å². The number of sulfonamides is 1. The molecular weight excluding hydrogens is 570 g/mol. The van der Waals surface area contributed by atoms with Crippen molar-refractivity contribution in [2.75, 3.05) is 77.7 Å². The fourth-order valence-corrected chi connectivity index (χ4v) is 6.06. The third-order valence-corrected chi connectivity index (χ3v) is 8.73. The Hall–Kier alpha value is -3.58. The number of benzene rings is 3. The standard InChI is InChI=1S/C28H34ClN5O6S/c1-32(2)24-8-4-7-20-19(24)6-5-9-26(20)41(37,38)31-18-27(35)34-12-10-33(11-13-34)14-15-40-28(36)21-16-22(29)23(30)17-25(21)39-3/h4-9,16-17,31H,10-15,18,30H2,1-3H3. The number of methoxy groups -OCH3 is 1. The number of carbonyl (C=O) groups is 2. The number of nitrogens with two attached hydrogens (primary N) is 1. The summed E-state index contributed by atoms with van der Waals surface area (Å²) in [6.45, 7) is 2.25. The lowest BCUT2D eigenvalue weighted by Crippen LogP contribution is -2.51. The van der Waals surface area contributed by atoms with E-state index in [9.17, 15) is 18.0 Å². The van der Waals surface area contributed by atoms with Crippen molar-refractivity contribution in [1.29, 1.82) is 0 Å². The summed E-state index contributed by atoms with van der Waals surface area (Å²) in [5, 5.41) is 1.63. The van der Waals surface area contributed by atoms with Gasteiger partial charge in [0.15, 0.2) is 0 Å². The zero-order chi connectivity index (χ0) is 29.7. The van der Waals surface area contributed by atoms with Crippen molar-refractivity contribution in [3.8, 4) is 5.75 Å². The minimum absolute atomic E-state index is 0.129. The molecule has 1 aliphatic rings. The molecule has 3 aromatic carbocycles. The number of rotatable bonds is 10. The van der Waals surface area contributed by atoms with Crippen LogP contribution in [0.2, 0.25) is 5.02 Å². The van der Waals surface area contributed by atoms with Crippen molar-refractivity contribution in [3.63, 3.8) is 0 Å². The molecule has 0 radical (unpaired) electrons. The fourth-order valence-electron chi connectivity index (χ4n) is 4.70. The highest BCUT2D eigenvalue weighted by Gasteiger charge is 2.25. The van der Waals surface area contributed by atoms with Crippen LogP contribution in [-0.2, 0) is 19.6 Å². The molecule has 1 amide bonds.